The van der Waals surface area contributed by atoms with Gasteiger partial charge in [-0.1, -0.05) is 44.2 Å². The Morgan fingerprint density at radius 2 is 2.00 bits per heavy atom. The molecule has 0 aromatic heterocycles. The minimum atomic E-state index is -2.78. The summed E-state index contributed by atoms with van der Waals surface area (Å²) in [6.07, 6.45) is -0.426. The summed E-state index contributed by atoms with van der Waals surface area (Å²) in [5.74, 6) is -3.14. The van der Waals surface area contributed by atoms with Crippen LogP contribution in [0.4, 0.5) is 8.78 Å². The third kappa shape index (κ3) is 4.64. The van der Waals surface area contributed by atoms with Gasteiger partial charge in [0, 0.05) is 18.4 Å². The molecular formula is C15H21ClF2N2O. The van der Waals surface area contributed by atoms with Crippen LogP contribution in [0.3, 0.4) is 0 Å². The van der Waals surface area contributed by atoms with E-state index in [9.17, 15) is 13.6 Å². The van der Waals surface area contributed by atoms with Gasteiger partial charge in [-0.25, -0.2) is 8.78 Å². The van der Waals surface area contributed by atoms with E-state index in [0.29, 0.717) is 6.54 Å². The van der Waals surface area contributed by atoms with Crippen molar-refractivity contribution in [3.63, 3.8) is 0 Å². The van der Waals surface area contributed by atoms with Crippen LogP contribution in [0, 0.1) is 0 Å². The Hall–Kier alpha value is -1.20. The molecule has 6 heteroatoms. The van der Waals surface area contributed by atoms with Crippen molar-refractivity contribution >= 4 is 18.3 Å². The lowest BCUT2D eigenvalue weighted by atomic mass is 9.84. The highest BCUT2D eigenvalue weighted by atomic mass is 35.5. The molecule has 1 amide bonds. The number of nitrogens with one attached hydrogen (secondary N) is 2. The number of hydrogen-bond acceptors (Lipinski definition) is 2. The molecule has 1 atom stereocenters. The number of halogens is 3. The van der Waals surface area contributed by atoms with Gasteiger partial charge in [0.1, 0.15) is 0 Å². The largest absolute Gasteiger partial charge is 0.354 e. The number of benzene rings is 1. The first-order valence-electron chi connectivity index (χ1n) is 6.75. The molecule has 0 aliphatic carbocycles. The van der Waals surface area contributed by atoms with Crippen molar-refractivity contribution in [2.45, 2.75) is 37.6 Å². The minimum absolute atomic E-state index is 0. The highest BCUT2D eigenvalue weighted by molar-refractivity contribution is 5.85. The lowest BCUT2D eigenvalue weighted by Crippen LogP contribution is -2.45. The maximum Gasteiger partial charge on any atom is 0.262 e. The second-order valence-corrected chi connectivity index (χ2v) is 5.96. The Labute approximate surface area is 129 Å². The van der Waals surface area contributed by atoms with Crippen molar-refractivity contribution < 1.29 is 13.6 Å². The average Bonchev–Trinajstić information content (AvgIpc) is 2.78. The maximum atomic E-state index is 13.1. The van der Waals surface area contributed by atoms with E-state index in [2.05, 4.69) is 10.6 Å². The van der Waals surface area contributed by atoms with Gasteiger partial charge in [0.05, 0.1) is 12.6 Å². The van der Waals surface area contributed by atoms with Crippen molar-refractivity contribution in [2.24, 2.45) is 0 Å². The van der Waals surface area contributed by atoms with Crippen LogP contribution in [0.1, 0.15) is 25.8 Å². The normalized spacial score (nSPS) is 20.7. The van der Waals surface area contributed by atoms with Gasteiger partial charge < -0.3 is 5.32 Å². The van der Waals surface area contributed by atoms with Gasteiger partial charge in [-0.3, -0.25) is 10.1 Å². The Balaban J connectivity index is 0.00000220. The molecule has 1 aromatic carbocycles. The summed E-state index contributed by atoms with van der Waals surface area (Å²) in [7, 11) is 0. The summed E-state index contributed by atoms with van der Waals surface area (Å²) < 4.78 is 26.1. The molecule has 118 valence electrons. The molecule has 0 spiro atoms. The first-order valence-corrected chi connectivity index (χ1v) is 6.75. The monoisotopic (exact) mass is 318 g/mol. The Bertz CT molecular complexity index is 480. The number of rotatable bonds is 4. The number of alkyl halides is 2. The van der Waals surface area contributed by atoms with Crippen LogP contribution in [-0.2, 0) is 10.2 Å². The van der Waals surface area contributed by atoms with Crippen molar-refractivity contribution in [3.8, 4) is 0 Å². The highest BCUT2D eigenvalue weighted by Crippen LogP contribution is 2.26. The number of amides is 1. The van der Waals surface area contributed by atoms with Gasteiger partial charge in [-0.15, -0.1) is 12.4 Å². The van der Waals surface area contributed by atoms with Crippen LogP contribution in [0.2, 0.25) is 0 Å². The zero-order chi connectivity index (χ0) is 14.8. The van der Waals surface area contributed by atoms with E-state index in [-0.39, 0.29) is 23.7 Å². The van der Waals surface area contributed by atoms with Crippen LogP contribution >= 0.6 is 12.4 Å². The topological polar surface area (TPSA) is 41.1 Å². The molecule has 2 N–H and O–H groups in total. The van der Waals surface area contributed by atoms with E-state index < -0.39 is 24.9 Å². The summed E-state index contributed by atoms with van der Waals surface area (Å²) in [4.78, 5) is 11.9. The summed E-state index contributed by atoms with van der Waals surface area (Å²) >= 11 is 0. The van der Waals surface area contributed by atoms with Gasteiger partial charge >= 0.3 is 0 Å². The van der Waals surface area contributed by atoms with Gasteiger partial charge in [0.2, 0.25) is 5.91 Å². The zero-order valence-corrected chi connectivity index (χ0v) is 13.0. The first-order chi connectivity index (χ1) is 9.30. The second-order valence-electron chi connectivity index (χ2n) is 5.96. The van der Waals surface area contributed by atoms with Gasteiger partial charge in [0.25, 0.3) is 5.92 Å². The maximum absolute atomic E-state index is 13.1. The number of carbonyl (C=O) groups excluding carboxylic acids is 1. The molecule has 1 saturated heterocycles. The summed E-state index contributed by atoms with van der Waals surface area (Å²) in [6, 6.07) is 9.01. The molecule has 2 rings (SSSR count). The number of hydrogen-bond donors (Lipinski definition) is 2. The molecule has 1 aliphatic rings. The van der Waals surface area contributed by atoms with E-state index in [1.165, 1.54) is 0 Å². The fourth-order valence-electron chi connectivity index (χ4n) is 2.32. The van der Waals surface area contributed by atoms with E-state index >= 15 is 0 Å². The summed E-state index contributed by atoms with van der Waals surface area (Å²) in [5, 5.41) is 5.33. The third-order valence-electron chi connectivity index (χ3n) is 3.69. The molecule has 0 radical (unpaired) electrons. The lowest BCUT2D eigenvalue weighted by Gasteiger charge is -2.26. The van der Waals surface area contributed by atoms with Crippen LogP contribution in [-0.4, -0.2) is 31.0 Å². The highest BCUT2D eigenvalue weighted by Gasteiger charge is 2.42. The van der Waals surface area contributed by atoms with Gasteiger partial charge in [0.15, 0.2) is 0 Å². The van der Waals surface area contributed by atoms with E-state index in [1.807, 2.05) is 44.2 Å². The van der Waals surface area contributed by atoms with Gasteiger partial charge in [-0.05, 0) is 5.56 Å². The molecule has 0 bridgehead atoms. The fourth-order valence-corrected chi connectivity index (χ4v) is 2.32. The SMILES string of the molecule is CC(C)(CNC(=O)C1CC(F)(F)CN1)c1ccccc1.Cl. The molecule has 21 heavy (non-hydrogen) atoms. The van der Waals surface area contributed by atoms with Crippen molar-refractivity contribution in [2.75, 3.05) is 13.1 Å². The zero-order valence-electron chi connectivity index (χ0n) is 12.2. The quantitative estimate of drug-likeness (QED) is 0.895. The summed E-state index contributed by atoms with van der Waals surface area (Å²) in [5.41, 5.74) is 0.864. The van der Waals surface area contributed by atoms with E-state index in [4.69, 9.17) is 0 Å². The first kappa shape index (κ1) is 17.9. The Morgan fingerprint density at radius 3 is 2.52 bits per heavy atom. The van der Waals surface area contributed by atoms with Crippen LogP contribution < -0.4 is 10.6 Å². The average molecular weight is 319 g/mol. The molecular weight excluding hydrogens is 298 g/mol. The van der Waals surface area contributed by atoms with Crippen molar-refractivity contribution in [3.05, 3.63) is 35.9 Å². The predicted molar refractivity (Wildman–Crippen MR) is 81.1 cm³/mol. The number of carbonyl (C=O) groups is 1. The smallest absolute Gasteiger partial charge is 0.262 e. The Kier molecular flexibility index (Phi) is 5.70. The fraction of sp³-hybridized carbons (Fsp3) is 0.533. The van der Waals surface area contributed by atoms with Crippen molar-refractivity contribution in [1.29, 1.82) is 0 Å². The predicted octanol–water partition coefficient (Wildman–Crippen LogP) is 2.50. The van der Waals surface area contributed by atoms with Crippen molar-refractivity contribution in [1.82, 2.24) is 10.6 Å². The van der Waals surface area contributed by atoms with Crippen LogP contribution in [0.15, 0.2) is 30.3 Å². The van der Waals surface area contributed by atoms with Gasteiger partial charge in [-0.2, -0.15) is 0 Å². The van der Waals surface area contributed by atoms with Crippen LogP contribution in [0.25, 0.3) is 0 Å². The molecule has 3 nitrogen and oxygen atoms in total. The lowest BCUT2D eigenvalue weighted by molar-refractivity contribution is -0.123. The standard InChI is InChI=1S/C15H20F2N2O.ClH/c1-14(2,11-6-4-3-5-7-11)9-19-13(20)12-8-15(16,17)10-18-12;/h3-7,12,18H,8-10H2,1-2H3,(H,19,20);1H. The third-order valence-corrected chi connectivity index (χ3v) is 3.69. The molecule has 0 saturated carbocycles. The molecule has 1 heterocycles. The van der Waals surface area contributed by atoms with E-state index in [0.717, 1.165) is 5.56 Å². The molecule has 1 fully saturated rings. The minimum Gasteiger partial charge on any atom is -0.354 e. The van der Waals surface area contributed by atoms with Crippen LogP contribution in [0.5, 0.6) is 0 Å². The second kappa shape index (κ2) is 6.71. The summed E-state index contributed by atoms with van der Waals surface area (Å²) in [6.45, 7) is 4.02. The molecule has 1 unspecified atom stereocenters. The molecule has 1 aliphatic heterocycles. The Morgan fingerprint density at radius 1 is 1.38 bits per heavy atom. The van der Waals surface area contributed by atoms with E-state index in [1.54, 1.807) is 0 Å². The molecule has 1 aromatic rings.